The fraction of sp³-hybridized carbons (Fsp3) is 0.667. The van der Waals surface area contributed by atoms with Crippen molar-refractivity contribution in [3.8, 4) is 0 Å². The molecule has 0 radical (unpaired) electrons. The molecule has 0 aliphatic heterocycles. The Morgan fingerprint density at radius 2 is 1.70 bits per heavy atom. The normalized spacial score (nSPS) is 13.2. The molecular weight excluding hydrogens is 244 g/mol. The average molecular weight is 276 g/mol. The molecule has 2 nitrogen and oxygen atoms in total. The lowest BCUT2D eigenvalue weighted by atomic mass is 10.0. The minimum absolute atomic E-state index is 0.421. The van der Waals surface area contributed by atoms with Crippen LogP contribution >= 0.6 is 0 Å². The molecule has 0 saturated heterocycles. The van der Waals surface area contributed by atoms with Gasteiger partial charge in [0.1, 0.15) is 0 Å². The molecule has 1 atom stereocenters. The zero-order chi connectivity index (χ0) is 15.0. The van der Waals surface area contributed by atoms with E-state index in [0.29, 0.717) is 6.04 Å². The van der Waals surface area contributed by atoms with E-state index in [1.165, 1.54) is 30.5 Å². The Morgan fingerprint density at radius 1 is 1.05 bits per heavy atom. The molecular formula is C18H32N2. The second-order valence-electron chi connectivity index (χ2n) is 6.08. The van der Waals surface area contributed by atoms with Crippen molar-refractivity contribution in [1.82, 2.24) is 10.2 Å². The van der Waals surface area contributed by atoms with Gasteiger partial charge >= 0.3 is 0 Å². The SMILES string of the molecule is CCCc1ccc(C(CN(CC)CC(C)C)NC)cc1. The summed E-state index contributed by atoms with van der Waals surface area (Å²) in [6, 6.07) is 9.55. The van der Waals surface area contributed by atoms with Gasteiger partial charge in [-0.05, 0) is 37.1 Å². The first-order valence-electron chi connectivity index (χ1n) is 8.09. The molecule has 1 N–H and O–H groups in total. The highest BCUT2D eigenvalue weighted by Crippen LogP contribution is 2.16. The van der Waals surface area contributed by atoms with Gasteiger partial charge in [0.25, 0.3) is 0 Å². The van der Waals surface area contributed by atoms with Crippen LogP contribution < -0.4 is 5.32 Å². The molecule has 0 aliphatic carbocycles. The predicted octanol–water partition coefficient (Wildman–Crippen LogP) is 3.88. The van der Waals surface area contributed by atoms with Gasteiger partial charge in [0.2, 0.25) is 0 Å². The lowest BCUT2D eigenvalue weighted by Crippen LogP contribution is -2.36. The van der Waals surface area contributed by atoms with Gasteiger partial charge in [-0.15, -0.1) is 0 Å². The smallest absolute Gasteiger partial charge is 0.0446 e. The van der Waals surface area contributed by atoms with E-state index >= 15 is 0 Å². The zero-order valence-corrected chi connectivity index (χ0v) is 13.9. The van der Waals surface area contributed by atoms with Crippen molar-refractivity contribution in [2.24, 2.45) is 5.92 Å². The highest BCUT2D eigenvalue weighted by atomic mass is 15.1. The van der Waals surface area contributed by atoms with Gasteiger partial charge in [0, 0.05) is 19.1 Å². The number of aryl methyl sites for hydroxylation is 1. The van der Waals surface area contributed by atoms with Crippen LogP contribution in [0.25, 0.3) is 0 Å². The van der Waals surface area contributed by atoms with Crippen LogP contribution in [0.2, 0.25) is 0 Å². The number of hydrogen-bond acceptors (Lipinski definition) is 2. The van der Waals surface area contributed by atoms with Crippen LogP contribution in [0.1, 0.15) is 51.3 Å². The second-order valence-corrected chi connectivity index (χ2v) is 6.08. The van der Waals surface area contributed by atoms with Crippen molar-refractivity contribution in [2.45, 2.75) is 46.6 Å². The van der Waals surface area contributed by atoms with Crippen LogP contribution in [0.5, 0.6) is 0 Å². The molecule has 2 heteroatoms. The summed E-state index contributed by atoms with van der Waals surface area (Å²) in [6.07, 6.45) is 2.39. The van der Waals surface area contributed by atoms with Crippen LogP contribution in [0.15, 0.2) is 24.3 Å². The van der Waals surface area contributed by atoms with Crippen LogP contribution in [0.4, 0.5) is 0 Å². The third-order valence-corrected chi connectivity index (χ3v) is 3.78. The molecule has 1 aromatic carbocycles. The summed E-state index contributed by atoms with van der Waals surface area (Å²) in [5.41, 5.74) is 2.84. The number of hydrogen-bond donors (Lipinski definition) is 1. The van der Waals surface area contributed by atoms with Gasteiger partial charge in [-0.1, -0.05) is 58.4 Å². The number of nitrogens with zero attached hydrogens (tertiary/aromatic N) is 1. The van der Waals surface area contributed by atoms with E-state index in [1.54, 1.807) is 0 Å². The fourth-order valence-electron chi connectivity index (χ4n) is 2.68. The molecule has 20 heavy (non-hydrogen) atoms. The van der Waals surface area contributed by atoms with Crippen molar-refractivity contribution in [3.05, 3.63) is 35.4 Å². The molecule has 0 bridgehead atoms. The standard InChI is InChI=1S/C18H32N2/c1-6-8-16-9-11-17(12-10-16)18(19-5)14-20(7-2)13-15(3)4/h9-12,15,18-19H,6-8,13-14H2,1-5H3. The molecule has 1 rings (SSSR count). The van der Waals surface area contributed by atoms with Crippen LogP contribution in [-0.4, -0.2) is 31.6 Å². The maximum absolute atomic E-state index is 3.47. The van der Waals surface area contributed by atoms with E-state index in [2.05, 4.69) is 69.2 Å². The minimum Gasteiger partial charge on any atom is -0.312 e. The van der Waals surface area contributed by atoms with Gasteiger partial charge in [-0.2, -0.15) is 0 Å². The second kappa shape index (κ2) is 9.15. The Hall–Kier alpha value is -0.860. The first-order valence-corrected chi connectivity index (χ1v) is 8.09. The van der Waals surface area contributed by atoms with Gasteiger partial charge in [-0.25, -0.2) is 0 Å². The Labute approximate surface area is 125 Å². The molecule has 0 spiro atoms. The first-order chi connectivity index (χ1) is 9.60. The van der Waals surface area contributed by atoms with Crippen LogP contribution in [0, 0.1) is 5.92 Å². The van der Waals surface area contributed by atoms with Crippen LogP contribution in [-0.2, 0) is 6.42 Å². The summed E-state index contributed by atoms with van der Waals surface area (Å²) < 4.78 is 0. The van der Waals surface area contributed by atoms with E-state index in [1.807, 2.05) is 0 Å². The zero-order valence-electron chi connectivity index (χ0n) is 13.9. The quantitative estimate of drug-likeness (QED) is 0.736. The summed E-state index contributed by atoms with van der Waals surface area (Å²) >= 11 is 0. The van der Waals surface area contributed by atoms with Crippen LogP contribution in [0.3, 0.4) is 0 Å². The number of benzene rings is 1. The number of rotatable bonds is 9. The van der Waals surface area contributed by atoms with E-state index in [4.69, 9.17) is 0 Å². The molecule has 0 aromatic heterocycles. The molecule has 114 valence electrons. The Kier molecular flexibility index (Phi) is 7.86. The molecule has 0 aliphatic rings. The molecule has 0 fully saturated rings. The molecule has 0 amide bonds. The summed E-state index contributed by atoms with van der Waals surface area (Å²) in [4.78, 5) is 2.53. The fourth-order valence-corrected chi connectivity index (χ4v) is 2.68. The van der Waals surface area contributed by atoms with Gasteiger partial charge in [0.15, 0.2) is 0 Å². The number of likely N-dealkylation sites (N-methyl/N-ethyl adjacent to an activating group) is 2. The minimum atomic E-state index is 0.421. The lowest BCUT2D eigenvalue weighted by Gasteiger charge is -2.28. The highest BCUT2D eigenvalue weighted by molar-refractivity contribution is 5.25. The molecule has 1 aromatic rings. The topological polar surface area (TPSA) is 15.3 Å². The monoisotopic (exact) mass is 276 g/mol. The Morgan fingerprint density at radius 3 is 2.15 bits per heavy atom. The van der Waals surface area contributed by atoms with Gasteiger partial charge < -0.3 is 10.2 Å². The van der Waals surface area contributed by atoms with E-state index in [9.17, 15) is 0 Å². The Balaban J connectivity index is 2.68. The highest BCUT2D eigenvalue weighted by Gasteiger charge is 2.14. The van der Waals surface area contributed by atoms with Gasteiger partial charge in [-0.3, -0.25) is 0 Å². The maximum atomic E-state index is 3.47. The largest absolute Gasteiger partial charge is 0.312 e. The summed E-state index contributed by atoms with van der Waals surface area (Å²) in [7, 11) is 2.06. The van der Waals surface area contributed by atoms with Crippen molar-refractivity contribution >= 4 is 0 Å². The lowest BCUT2D eigenvalue weighted by molar-refractivity contribution is 0.232. The summed E-state index contributed by atoms with van der Waals surface area (Å²) in [5.74, 6) is 0.722. The summed E-state index contributed by atoms with van der Waals surface area (Å²) in [6.45, 7) is 12.4. The Bertz CT molecular complexity index is 356. The third-order valence-electron chi connectivity index (χ3n) is 3.78. The first kappa shape index (κ1) is 17.2. The number of nitrogens with one attached hydrogen (secondary N) is 1. The maximum Gasteiger partial charge on any atom is 0.0446 e. The third kappa shape index (κ3) is 5.64. The van der Waals surface area contributed by atoms with Crippen molar-refractivity contribution in [1.29, 1.82) is 0 Å². The van der Waals surface area contributed by atoms with Crippen molar-refractivity contribution < 1.29 is 0 Å². The van der Waals surface area contributed by atoms with Crippen molar-refractivity contribution in [2.75, 3.05) is 26.7 Å². The summed E-state index contributed by atoms with van der Waals surface area (Å²) in [5, 5.41) is 3.47. The molecule has 0 saturated carbocycles. The molecule has 0 heterocycles. The van der Waals surface area contributed by atoms with E-state index in [0.717, 1.165) is 19.0 Å². The van der Waals surface area contributed by atoms with E-state index in [-0.39, 0.29) is 0 Å². The van der Waals surface area contributed by atoms with Crippen molar-refractivity contribution in [3.63, 3.8) is 0 Å². The van der Waals surface area contributed by atoms with E-state index < -0.39 is 0 Å². The average Bonchev–Trinajstić information content (AvgIpc) is 2.44. The predicted molar refractivity (Wildman–Crippen MR) is 89.2 cm³/mol. The molecule has 1 unspecified atom stereocenters. The van der Waals surface area contributed by atoms with Gasteiger partial charge in [0.05, 0.1) is 0 Å².